The number of imidazole rings is 1. The average molecular weight is 237 g/mol. The van der Waals surface area contributed by atoms with Crippen LogP contribution in [0.3, 0.4) is 0 Å². The van der Waals surface area contributed by atoms with E-state index in [4.69, 9.17) is 4.74 Å². The Labute approximate surface area is 103 Å². The molecule has 1 N–H and O–H groups in total. The number of ether oxygens (including phenoxy) is 1. The summed E-state index contributed by atoms with van der Waals surface area (Å²) in [5.41, 5.74) is 1.20. The van der Waals surface area contributed by atoms with Crippen LogP contribution >= 0.6 is 0 Å². The van der Waals surface area contributed by atoms with Crippen molar-refractivity contribution in [2.45, 2.75) is 32.3 Å². The van der Waals surface area contributed by atoms with E-state index in [0.29, 0.717) is 5.92 Å². The Balaban J connectivity index is 1.99. The zero-order chi connectivity index (χ0) is 12.1. The predicted molar refractivity (Wildman–Crippen MR) is 67.8 cm³/mol. The number of hydrogen-bond acceptors (Lipinski definition) is 3. The fourth-order valence-corrected chi connectivity index (χ4v) is 2.49. The van der Waals surface area contributed by atoms with Crippen LogP contribution in [0, 0.1) is 5.92 Å². The van der Waals surface area contributed by atoms with E-state index in [-0.39, 0.29) is 6.10 Å². The van der Waals surface area contributed by atoms with Gasteiger partial charge in [0.2, 0.25) is 0 Å². The van der Waals surface area contributed by atoms with Gasteiger partial charge in [0.05, 0.1) is 18.2 Å². The molecule has 17 heavy (non-hydrogen) atoms. The minimum absolute atomic E-state index is 0.209. The second kappa shape index (κ2) is 6.17. The lowest BCUT2D eigenvalue weighted by Crippen LogP contribution is -2.33. The highest BCUT2D eigenvalue weighted by Crippen LogP contribution is 2.32. The van der Waals surface area contributed by atoms with Gasteiger partial charge in [-0.15, -0.1) is 0 Å². The molecule has 1 aliphatic heterocycles. The maximum Gasteiger partial charge on any atom is 0.103 e. The van der Waals surface area contributed by atoms with E-state index in [1.54, 1.807) is 0 Å². The van der Waals surface area contributed by atoms with Crippen molar-refractivity contribution in [1.29, 1.82) is 0 Å². The molecule has 1 aromatic rings. The Morgan fingerprint density at radius 2 is 2.47 bits per heavy atom. The Bertz CT molecular complexity index is 337. The summed E-state index contributed by atoms with van der Waals surface area (Å²) >= 11 is 0. The molecule has 0 spiro atoms. The van der Waals surface area contributed by atoms with Crippen LogP contribution in [0.2, 0.25) is 0 Å². The van der Waals surface area contributed by atoms with Gasteiger partial charge in [-0.3, -0.25) is 0 Å². The van der Waals surface area contributed by atoms with Gasteiger partial charge in [-0.25, -0.2) is 4.98 Å². The Morgan fingerprint density at radius 3 is 3.18 bits per heavy atom. The molecule has 2 rings (SSSR count). The summed E-state index contributed by atoms with van der Waals surface area (Å²) in [7, 11) is 2.04. The summed E-state index contributed by atoms with van der Waals surface area (Å²) < 4.78 is 8.02. The minimum atomic E-state index is 0.209. The SMILES string of the molecule is CCCNCC1CCCOC1c1cncn1C. The summed E-state index contributed by atoms with van der Waals surface area (Å²) in [5, 5.41) is 3.51. The van der Waals surface area contributed by atoms with E-state index in [1.807, 2.05) is 19.6 Å². The molecule has 0 saturated carbocycles. The van der Waals surface area contributed by atoms with Gasteiger partial charge in [0, 0.05) is 26.1 Å². The van der Waals surface area contributed by atoms with Crippen LogP contribution in [0.5, 0.6) is 0 Å². The molecule has 1 saturated heterocycles. The number of aryl methyl sites for hydroxylation is 1. The monoisotopic (exact) mass is 237 g/mol. The van der Waals surface area contributed by atoms with Gasteiger partial charge in [0.1, 0.15) is 6.10 Å². The highest BCUT2D eigenvalue weighted by Gasteiger charge is 2.28. The highest BCUT2D eigenvalue weighted by atomic mass is 16.5. The lowest BCUT2D eigenvalue weighted by molar-refractivity contribution is -0.0316. The quantitative estimate of drug-likeness (QED) is 0.795. The summed E-state index contributed by atoms with van der Waals surface area (Å²) in [6, 6.07) is 0. The van der Waals surface area contributed by atoms with Crippen molar-refractivity contribution in [3.63, 3.8) is 0 Å². The molecule has 4 heteroatoms. The van der Waals surface area contributed by atoms with Crippen molar-refractivity contribution in [2.75, 3.05) is 19.7 Å². The topological polar surface area (TPSA) is 39.1 Å². The minimum Gasteiger partial charge on any atom is -0.372 e. The number of aromatic nitrogens is 2. The molecule has 4 nitrogen and oxygen atoms in total. The summed E-state index contributed by atoms with van der Waals surface area (Å²) in [6.45, 7) is 5.21. The van der Waals surface area contributed by atoms with Gasteiger partial charge in [0.15, 0.2) is 0 Å². The zero-order valence-corrected chi connectivity index (χ0v) is 10.9. The highest BCUT2D eigenvalue weighted by molar-refractivity contribution is 5.05. The van der Waals surface area contributed by atoms with Gasteiger partial charge in [-0.2, -0.15) is 0 Å². The van der Waals surface area contributed by atoms with Crippen LogP contribution in [-0.2, 0) is 11.8 Å². The summed E-state index contributed by atoms with van der Waals surface area (Å²) in [6.07, 6.45) is 7.59. The lowest BCUT2D eigenvalue weighted by Gasteiger charge is -2.32. The first kappa shape index (κ1) is 12.6. The lowest BCUT2D eigenvalue weighted by atomic mass is 9.92. The predicted octanol–water partition coefficient (Wildman–Crippen LogP) is 1.89. The van der Waals surface area contributed by atoms with Crippen molar-refractivity contribution in [2.24, 2.45) is 13.0 Å². The molecular weight excluding hydrogens is 214 g/mol. The molecule has 0 aromatic carbocycles. The van der Waals surface area contributed by atoms with Crippen molar-refractivity contribution in [3.05, 3.63) is 18.2 Å². The van der Waals surface area contributed by atoms with Gasteiger partial charge in [0.25, 0.3) is 0 Å². The van der Waals surface area contributed by atoms with E-state index >= 15 is 0 Å². The smallest absolute Gasteiger partial charge is 0.103 e. The molecule has 1 aromatic heterocycles. The first-order valence-corrected chi connectivity index (χ1v) is 6.61. The molecule has 1 aliphatic rings. The molecule has 2 unspecified atom stereocenters. The van der Waals surface area contributed by atoms with Crippen LogP contribution in [0.4, 0.5) is 0 Å². The molecule has 0 bridgehead atoms. The Hall–Kier alpha value is -0.870. The van der Waals surface area contributed by atoms with Gasteiger partial charge < -0.3 is 14.6 Å². The second-order valence-electron chi connectivity index (χ2n) is 4.83. The van der Waals surface area contributed by atoms with Crippen LogP contribution in [0.1, 0.15) is 38.0 Å². The molecule has 0 amide bonds. The third-order valence-electron chi connectivity index (χ3n) is 3.42. The molecule has 2 heterocycles. The molecule has 2 atom stereocenters. The van der Waals surface area contributed by atoms with Crippen molar-refractivity contribution in [3.8, 4) is 0 Å². The van der Waals surface area contributed by atoms with Gasteiger partial charge in [-0.1, -0.05) is 6.92 Å². The average Bonchev–Trinajstić information content (AvgIpc) is 2.76. The van der Waals surface area contributed by atoms with Crippen molar-refractivity contribution in [1.82, 2.24) is 14.9 Å². The largest absolute Gasteiger partial charge is 0.372 e. The first-order chi connectivity index (χ1) is 8.33. The van der Waals surface area contributed by atoms with E-state index in [0.717, 1.165) is 19.7 Å². The van der Waals surface area contributed by atoms with E-state index in [2.05, 4.69) is 21.8 Å². The van der Waals surface area contributed by atoms with E-state index in [1.165, 1.54) is 25.0 Å². The van der Waals surface area contributed by atoms with Crippen LogP contribution < -0.4 is 5.32 Å². The molecule has 1 fully saturated rings. The maximum absolute atomic E-state index is 5.95. The molecule has 96 valence electrons. The van der Waals surface area contributed by atoms with Crippen LogP contribution in [0.15, 0.2) is 12.5 Å². The molecular formula is C13H23N3O. The van der Waals surface area contributed by atoms with Crippen LogP contribution in [0.25, 0.3) is 0 Å². The second-order valence-corrected chi connectivity index (χ2v) is 4.83. The van der Waals surface area contributed by atoms with E-state index < -0.39 is 0 Å². The summed E-state index contributed by atoms with van der Waals surface area (Å²) in [5.74, 6) is 0.575. The van der Waals surface area contributed by atoms with Gasteiger partial charge >= 0.3 is 0 Å². The van der Waals surface area contributed by atoms with Crippen LogP contribution in [-0.4, -0.2) is 29.2 Å². The van der Waals surface area contributed by atoms with Gasteiger partial charge in [-0.05, 0) is 25.8 Å². The van der Waals surface area contributed by atoms with Crippen molar-refractivity contribution >= 4 is 0 Å². The molecule has 0 aliphatic carbocycles. The van der Waals surface area contributed by atoms with Crippen molar-refractivity contribution < 1.29 is 4.74 Å². The molecule has 0 radical (unpaired) electrons. The Morgan fingerprint density at radius 1 is 1.59 bits per heavy atom. The summed E-state index contributed by atoms with van der Waals surface area (Å²) in [4.78, 5) is 4.19. The number of rotatable bonds is 5. The zero-order valence-electron chi connectivity index (χ0n) is 10.9. The standard InChI is InChI=1S/C13H23N3O/c1-3-6-14-8-11-5-4-7-17-13(11)12-9-15-10-16(12)2/h9-11,13-14H,3-8H2,1-2H3. The number of nitrogens with zero attached hydrogens (tertiary/aromatic N) is 2. The van der Waals surface area contributed by atoms with E-state index in [9.17, 15) is 0 Å². The fourth-order valence-electron chi connectivity index (χ4n) is 2.49. The Kier molecular flexibility index (Phi) is 4.57. The third-order valence-corrected chi connectivity index (χ3v) is 3.42. The first-order valence-electron chi connectivity index (χ1n) is 6.61. The number of hydrogen-bond donors (Lipinski definition) is 1. The normalized spacial score (nSPS) is 25.1. The fraction of sp³-hybridized carbons (Fsp3) is 0.769. The third kappa shape index (κ3) is 3.07. The maximum atomic E-state index is 5.95. The number of nitrogens with one attached hydrogen (secondary N) is 1.